The molecule has 3 N–H and O–H groups in total. The lowest BCUT2D eigenvalue weighted by molar-refractivity contribution is 0.222. The van der Waals surface area contributed by atoms with Gasteiger partial charge in [0.25, 0.3) is 0 Å². The second kappa shape index (κ2) is 11.7. The molecule has 0 bridgehead atoms. The van der Waals surface area contributed by atoms with Crippen LogP contribution in [0.25, 0.3) is 0 Å². The van der Waals surface area contributed by atoms with Crippen LogP contribution in [0.15, 0.2) is 29.3 Å². The van der Waals surface area contributed by atoms with Gasteiger partial charge < -0.3 is 15.4 Å². The van der Waals surface area contributed by atoms with Crippen LogP contribution in [-0.4, -0.2) is 51.9 Å². The van der Waals surface area contributed by atoms with E-state index in [1.807, 2.05) is 45.0 Å². The molecule has 9 heteroatoms. The third-order valence-corrected chi connectivity index (χ3v) is 4.34. The number of aliphatic imine (C=N–C) groups is 1. The number of hydrogen-bond donors (Lipinski definition) is 3. The van der Waals surface area contributed by atoms with Crippen LogP contribution in [0, 0.1) is 6.92 Å². The number of para-hydroxylation sites is 1. The molecule has 1 unspecified atom stereocenters. The van der Waals surface area contributed by atoms with E-state index in [2.05, 4.69) is 20.3 Å². The average molecular weight is 512 g/mol. The maximum atomic E-state index is 11.4. The molecule has 0 aliphatic heterocycles. The molecule has 1 atom stereocenters. The van der Waals surface area contributed by atoms with Gasteiger partial charge in [0, 0.05) is 12.1 Å². The Morgan fingerprint density at radius 1 is 1.26 bits per heavy atom. The molecule has 0 saturated carbocycles. The molecule has 1 aromatic carbocycles. The number of nitrogens with zero attached hydrogens (tertiary/aromatic N) is 1. The van der Waals surface area contributed by atoms with E-state index in [0.29, 0.717) is 25.6 Å². The Balaban J connectivity index is 0.00000676. The predicted octanol–water partition coefficient (Wildman–Crippen LogP) is 2.26. The molecular weight excluding hydrogens is 479 g/mol. The van der Waals surface area contributed by atoms with Crippen molar-refractivity contribution in [1.82, 2.24) is 15.4 Å². The molecule has 0 radical (unpaired) electrons. The van der Waals surface area contributed by atoms with Gasteiger partial charge in [0.2, 0.25) is 10.0 Å². The normalized spacial score (nSPS) is 13.5. The van der Waals surface area contributed by atoms with E-state index < -0.39 is 15.6 Å². The minimum atomic E-state index is -3.29. The number of aryl methyl sites for hydroxylation is 1. The largest absolute Gasteiger partial charge is 0.489 e. The van der Waals surface area contributed by atoms with Crippen LogP contribution in [0.2, 0.25) is 0 Å². The lowest BCUT2D eigenvalue weighted by atomic mass is 10.1. The number of rotatable bonds is 9. The smallest absolute Gasteiger partial charge is 0.209 e. The number of sulfonamides is 1. The molecule has 27 heavy (non-hydrogen) atoms. The predicted molar refractivity (Wildman–Crippen MR) is 123 cm³/mol. The van der Waals surface area contributed by atoms with Gasteiger partial charge in [-0.25, -0.2) is 13.1 Å². The quantitative estimate of drug-likeness (QED) is 0.268. The topological polar surface area (TPSA) is 91.8 Å². The van der Waals surface area contributed by atoms with E-state index in [4.69, 9.17) is 4.74 Å². The first-order valence-corrected chi connectivity index (χ1v) is 10.6. The van der Waals surface area contributed by atoms with Gasteiger partial charge in [-0.05, 0) is 46.2 Å². The molecule has 0 aliphatic rings. The lowest BCUT2D eigenvalue weighted by Gasteiger charge is -2.24. The molecule has 0 aromatic heterocycles. The lowest BCUT2D eigenvalue weighted by Crippen LogP contribution is -2.47. The monoisotopic (exact) mass is 512 g/mol. The van der Waals surface area contributed by atoms with Gasteiger partial charge in [-0.15, -0.1) is 24.0 Å². The number of nitrogens with one attached hydrogen (secondary N) is 3. The first kappa shape index (κ1) is 25.9. The summed E-state index contributed by atoms with van der Waals surface area (Å²) in [7, 11) is -3.29. The van der Waals surface area contributed by atoms with Crippen LogP contribution in [-0.2, 0) is 10.0 Å². The number of guanidine groups is 1. The molecule has 0 aliphatic carbocycles. The molecule has 156 valence electrons. The van der Waals surface area contributed by atoms with Crippen LogP contribution in [0.5, 0.6) is 5.75 Å². The summed E-state index contributed by atoms with van der Waals surface area (Å²) in [4.78, 5) is 4.48. The highest BCUT2D eigenvalue weighted by atomic mass is 127. The Labute approximate surface area is 180 Å². The highest BCUT2D eigenvalue weighted by Crippen LogP contribution is 2.17. The van der Waals surface area contributed by atoms with Gasteiger partial charge in [-0.3, -0.25) is 4.99 Å². The van der Waals surface area contributed by atoms with Crippen molar-refractivity contribution in [2.45, 2.75) is 46.3 Å². The zero-order chi connectivity index (χ0) is 19.8. The maximum Gasteiger partial charge on any atom is 0.209 e. The van der Waals surface area contributed by atoms with Crippen molar-refractivity contribution in [3.8, 4) is 5.75 Å². The van der Waals surface area contributed by atoms with E-state index in [1.54, 1.807) is 13.8 Å². The van der Waals surface area contributed by atoms with E-state index >= 15 is 0 Å². The Hall–Kier alpha value is -1.07. The summed E-state index contributed by atoms with van der Waals surface area (Å²) >= 11 is 0. The van der Waals surface area contributed by atoms with Gasteiger partial charge >= 0.3 is 0 Å². The minimum Gasteiger partial charge on any atom is -0.489 e. The highest BCUT2D eigenvalue weighted by molar-refractivity contribution is 14.0. The fourth-order valence-electron chi connectivity index (χ4n) is 2.34. The van der Waals surface area contributed by atoms with Crippen LogP contribution in [0.4, 0.5) is 0 Å². The van der Waals surface area contributed by atoms with Crippen LogP contribution in [0.1, 0.15) is 33.3 Å². The second-order valence-corrected chi connectivity index (χ2v) is 8.78. The van der Waals surface area contributed by atoms with E-state index in [0.717, 1.165) is 17.6 Å². The molecule has 1 rings (SSSR count). The van der Waals surface area contributed by atoms with Crippen molar-refractivity contribution < 1.29 is 13.2 Å². The molecule has 7 nitrogen and oxygen atoms in total. The van der Waals surface area contributed by atoms with Gasteiger partial charge in [0.1, 0.15) is 11.9 Å². The molecule has 0 saturated heterocycles. The van der Waals surface area contributed by atoms with Gasteiger partial charge in [0.15, 0.2) is 5.96 Å². The molecule has 1 aromatic rings. The molecule has 0 spiro atoms. The van der Waals surface area contributed by atoms with Crippen molar-refractivity contribution >= 4 is 40.0 Å². The second-order valence-electron chi connectivity index (χ2n) is 7.03. The number of ether oxygens (including phenoxy) is 1. The zero-order valence-electron chi connectivity index (χ0n) is 17.0. The summed E-state index contributed by atoms with van der Waals surface area (Å²) in [5.74, 6) is 1.48. The summed E-state index contributed by atoms with van der Waals surface area (Å²) in [6, 6.07) is 7.89. The van der Waals surface area contributed by atoms with Gasteiger partial charge in [-0.1, -0.05) is 18.2 Å². The molecular formula is C18H33IN4O3S. The van der Waals surface area contributed by atoms with Crippen LogP contribution in [0.3, 0.4) is 0 Å². The van der Waals surface area contributed by atoms with Crippen molar-refractivity contribution in [2.24, 2.45) is 4.99 Å². The summed E-state index contributed by atoms with van der Waals surface area (Å²) in [5, 5.41) is 6.39. The Bertz CT molecular complexity index is 708. The first-order valence-electron chi connectivity index (χ1n) is 8.76. The van der Waals surface area contributed by atoms with Crippen molar-refractivity contribution in [3.63, 3.8) is 0 Å². The summed E-state index contributed by atoms with van der Waals surface area (Å²) in [6.45, 7) is 11.2. The third kappa shape index (κ3) is 11.4. The fourth-order valence-corrected chi connectivity index (χ4v) is 3.41. The SMILES string of the molecule is CCNC(=NCC(C)(C)NS(C)(=O)=O)NCC(C)Oc1ccccc1C.I. The van der Waals surface area contributed by atoms with Gasteiger partial charge in [0.05, 0.1) is 19.3 Å². The van der Waals surface area contributed by atoms with Crippen molar-refractivity contribution in [1.29, 1.82) is 0 Å². The van der Waals surface area contributed by atoms with Gasteiger partial charge in [-0.2, -0.15) is 0 Å². The summed E-state index contributed by atoms with van der Waals surface area (Å²) < 4.78 is 31.4. The minimum absolute atomic E-state index is 0. The van der Waals surface area contributed by atoms with E-state index in [-0.39, 0.29) is 30.1 Å². The number of benzene rings is 1. The van der Waals surface area contributed by atoms with Crippen LogP contribution < -0.4 is 20.1 Å². The molecule has 0 amide bonds. The summed E-state index contributed by atoms with van der Waals surface area (Å²) in [6.07, 6.45) is 1.09. The third-order valence-electron chi connectivity index (χ3n) is 3.42. The number of halogens is 1. The zero-order valence-corrected chi connectivity index (χ0v) is 20.1. The Morgan fingerprint density at radius 2 is 1.89 bits per heavy atom. The Morgan fingerprint density at radius 3 is 2.44 bits per heavy atom. The number of hydrogen-bond acceptors (Lipinski definition) is 4. The molecule has 0 heterocycles. The maximum absolute atomic E-state index is 11.4. The Kier molecular flexibility index (Phi) is 11.2. The fraction of sp³-hybridized carbons (Fsp3) is 0.611. The van der Waals surface area contributed by atoms with Crippen molar-refractivity contribution in [3.05, 3.63) is 29.8 Å². The standard InChI is InChI=1S/C18H32N4O3S.HI/c1-7-19-17(21-13-18(4,5)22-26(6,23)24)20-12-15(3)25-16-11-9-8-10-14(16)2;/h8-11,15,22H,7,12-13H2,1-6H3,(H2,19,20,21);1H. The highest BCUT2D eigenvalue weighted by Gasteiger charge is 2.22. The first-order chi connectivity index (χ1) is 12.0. The van der Waals surface area contributed by atoms with E-state index in [9.17, 15) is 8.42 Å². The average Bonchev–Trinajstić information content (AvgIpc) is 2.50. The van der Waals surface area contributed by atoms with Crippen molar-refractivity contribution in [2.75, 3.05) is 25.9 Å². The van der Waals surface area contributed by atoms with Crippen LogP contribution >= 0.6 is 24.0 Å². The molecule has 0 fully saturated rings. The van der Waals surface area contributed by atoms with E-state index in [1.165, 1.54) is 0 Å². The summed E-state index contributed by atoms with van der Waals surface area (Å²) in [5.41, 5.74) is 0.424.